The lowest BCUT2D eigenvalue weighted by Crippen LogP contribution is -2.55. The predicted molar refractivity (Wildman–Crippen MR) is 159 cm³/mol. The fraction of sp³-hybridized carbons (Fsp3) is 0.364. The number of ether oxygens (including phenoxy) is 1. The normalized spacial score (nSPS) is 18.4. The van der Waals surface area contributed by atoms with Crippen LogP contribution in [0.2, 0.25) is 0 Å². The van der Waals surface area contributed by atoms with Crippen LogP contribution in [0, 0.1) is 5.82 Å². The molecule has 3 N–H and O–H groups in total. The minimum absolute atomic E-state index is 0.0234. The molecular weight excluding hydrogens is 519 g/mol. The third kappa shape index (κ3) is 5.29. The number of aryl methyl sites for hydroxylation is 1. The summed E-state index contributed by atoms with van der Waals surface area (Å²) in [4.78, 5) is 21.0. The van der Waals surface area contributed by atoms with Crippen LogP contribution >= 0.6 is 0 Å². The van der Waals surface area contributed by atoms with Crippen LogP contribution in [-0.2, 0) is 11.8 Å². The molecule has 0 saturated carbocycles. The summed E-state index contributed by atoms with van der Waals surface area (Å²) >= 11 is 0. The van der Waals surface area contributed by atoms with E-state index in [0.717, 1.165) is 61.1 Å². The first-order chi connectivity index (χ1) is 20.0. The van der Waals surface area contributed by atoms with Crippen LogP contribution in [-0.4, -0.2) is 65.8 Å². The fourth-order valence-electron chi connectivity index (χ4n) is 6.78. The third-order valence-corrected chi connectivity index (χ3v) is 8.89. The zero-order valence-corrected chi connectivity index (χ0v) is 23.4. The van der Waals surface area contributed by atoms with Gasteiger partial charge in [0.15, 0.2) is 0 Å². The zero-order valence-electron chi connectivity index (χ0n) is 23.4. The van der Waals surface area contributed by atoms with Crippen LogP contribution in [0.15, 0.2) is 72.8 Å². The van der Waals surface area contributed by atoms with Crippen molar-refractivity contribution in [1.82, 2.24) is 14.8 Å². The SMILES string of the molecule is COc1ccc2c3c([nH]c2c1)[C@H](CO)N(CCCc1ccccc1)CC31CCN(C(=O)Nc2ccccc2F)CC1. The molecule has 0 unspecified atom stereocenters. The van der Waals surface area contributed by atoms with E-state index in [9.17, 15) is 14.3 Å². The van der Waals surface area contributed by atoms with Gasteiger partial charge in [-0.05, 0) is 67.6 Å². The van der Waals surface area contributed by atoms with E-state index in [0.29, 0.717) is 13.1 Å². The molecular formula is C33H37FN4O3. The number of nitrogens with zero attached hydrogens (tertiary/aromatic N) is 2. The Morgan fingerprint density at radius 2 is 1.85 bits per heavy atom. The molecule has 1 saturated heterocycles. The zero-order chi connectivity index (χ0) is 28.4. The number of aliphatic hydroxyl groups is 1. The second-order valence-corrected chi connectivity index (χ2v) is 11.3. The lowest BCUT2D eigenvalue weighted by Gasteiger charge is -2.50. The molecule has 8 heteroatoms. The number of hydrogen-bond acceptors (Lipinski definition) is 4. The van der Waals surface area contributed by atoms with Crippen LogP contribution in [0.3, 0.4) is 0 Å². The van der Waals surface area contributed by atoms with E-state index in [-0.39, 0.29) is 29.8 Å². The van der Waals surface area contributed by atoms with Crippen molar-refractivity contribution in [3.8, 4) is 5.75 Å². The van der Waals surface area contributed by atoms with E-state index in [4.69, 9.17) is 4.74 Å². The molecule has 214 valence electrons. The smallest absolute Gasteiger partial charge is 0.321 e. The number of H-pyrrole nitrogens is 1. The second kappa shape index (κ2) is 11.5. The number of aliphatic hydroxyl groups excluding tert-OH is 1. The molecule has 2 aliphatic heterocycles. The number of rotatable bonds is 7. The molecule has 4 aromatic rings. The summed E-state index contributed by atoms with van der Waals surface area (Å²) in [6, 6.07) is 22.5. The summed E-state index contributed by atoms with van der Waals surface area (Å²) in [5.74, 6) is 0.340. The van der Waals surface area contributed by atoms with Crippen molar-refractivity contribution in [1.29, 1.82) is 0 Å². The molecule has 2 aliphatic rings. The monoisotopic (exact) mass is 556 g/mol. The lowest BCUT2D eigenvalue weighted by atomic mass is 9.68. The van der Waals surface area contributed by atoms with Gasteiger partial charge in [-0.2, -0.15) is 0 Å². The summed E-state index contributed by atoms with van der Waals surface area (Å²) in [5, 5.41) is 14.5. The Kier molecular flexibility index (Phi) is 7.69. The number of benzene rings is 3. The first-order valence-corrected chi connectivity index (χ1v) is 14.4. The Bertz CT molecular complexity index is 1510. The highest BCUT2D eigenvalue weighted by Gasteiger charge is 2.47. The number of para-hydroxylation sites is 1. The van der Waals surface area contributed by atoms with Crippen LogP contribution in [0.1, 0.15) is 42.1 Å². The maximum absolute atomic E-state index is 14.2. The largest absolute Gasteiger partial charge is 0.497 e. The molecule has 1 aromatic heterocycles. The molecule has 7 nitrogen and oxygen atoms in total. The summed E-state index contributed by atoms with van der Waals surface area (Å²) in [6.07, 6.45) is 3.51. The van der Waals surface area contributed by atoms with Crippen molar-refractivity contribution in [3.63, 3.8) is 0 Å². The van der Waals surface area contributed by atoms with Gasteiger partial charge in [0, 0.05) is 47.7 Å². The third-order valence-electron chi connectivity index (χ3n) is 8.89. The highest BCUT2D eigenvalue weighted by Crippen LogP contribution is 2.49. The number of halogens is 1. The second-order valence-electron chi connectivity index (χ2n) is 11.3. The number of aromatic nitrogens is 1. The number of fused-ring (bicyclic) bond motifs is 4. The molecule has 0 bridgehead atoms. The number of piperidine rings is 1. The van der Waals surface area contributed by atoms with Crippen molar-refractivity contribution < 1.29 is 19.0 Å². The lowest BCUT2D eigenvalue weighted by molar-refractivity contribution is 0.0542. The van der Waals surface area contributed by atoms with Crippen LogP contribution in [0.5, 0.6) is 5.75 Å². The molecule has 1 atom stereocenters. The van der Waals surface area contributed by atoms with Gasteiger partial charge in [-0.25, -0.2) is 9.18 Å². The molecule has 0 radical (unpaired) electrons. The van der Waals surface area contributed by atoms with Gasteiger partial charge in [0.25, 0.3) is 0 Å². The minimum atomic E-state index is -0.443. The molecule has 41 heavy (non-hydrogen) atoms. The van der Waals surface area contributed by atoms with Crippen LogP contribution < -0.4 is 10.1 Å². The number of hydrogen-bond donors (Lipinski definition) is 3. The quantitative estimate of drug-likeness (QED) is 0.266. The number of urea groups is 1. The van der Waals surface area contributed by atoms with E-state index in [1.165, 1.54) is 17.2 Å². The predicted octanol–water partition coefficient (Wildman–Crippen LogP) is 5.86. The maximum Gasteiger partial charge on any atom is 0.321 e. The van der Waals surface area contributed by atoms with Crippen LogP contribution in [0.4, 0.5) is 14.9 Å². The fourth-order valence-corrected chi connectivity index (χ4v) is 6.78. The molecule has 1 spiro atoms. The summed E-state index contributed by atoms with van der Waals surface area (Å²) < 4.78 is 19.7. The van der Waals surface area contributed by atoms with Gasteiger partial charge in [0.2, 0.25) is 0 Å². The van der Waals surface area contributed by atoms with E-state index >= 15 is 0 Å². The van der Waals surface area contributed by atoms with Gasteiger partial charge in [-0.1, -0.05) is 42.5 Å². The summed E-state index contributed by atoms with van der Waals surface area (Å²) in [6.45, 7) is 2.81. The van der Waals surface area contributed by atoms with E-state index < -0.39 is 5.82 Å². The van der Waals surface area contributed by atoms with Gasteiger partial charge in [0.05, 0.1) is 25.4 Å². The van der Waals surface area contributed by atoms with Gasteiger partial charge in [0.1, 0.15) is 11.6 Å². The number of likely N-dealkylation sites (tertiary alicyclic amines) is 1. The average Bonchev–Trinajstić information content (AvgIpc) is 3.39. The van der Waals surface area contributed by atoms with Crippen molar-refractivity contribution in [2.24, 2.45) is 0 Å². The molecule has 6 rings (SSSR count). The molecule has 3 heterocycles. The van der Waals surface area contributed by atoms with Gasteiger partial charge >= 0.3 is 6.03 Å². The molecule has 2 amide bonds. The minimum Gasteiger partial charge on any atom is -0.497 e. The number of carbonyl (C=O) groups is 1. The Morgan fingerprint density at radius 1 is 1.10 bits per heavy atom. The summed E-state index contributed by atoms with van der Waals surface area (Å²) in [5.41, 5.74) is 4.63. The highest BCUT2D eigenvalue weighted by atomic mass is 19.1. The van der Waals surface area contributed by atoms with Gasteiger partial charge in [-0.3, -0.25) is 4.90 Å². The maximum atomic E-state index is 14.2. The van der Waals surface area contributed by atoms with Gasteiger partial charge in [-0.15, -0.1) is 0 Å². The Hall–Kier alpha value is -3.88. The summed E-state index contributed by atoms with van der Waals surface area (Å²) in [7, 11) is 1.67. The van der Waals surface area contributed by atoms with Crippen LogP contribution in [0.25, 0.3) is 10.9 Å². The topological polar surface area (TPSA) is 80.8 Å². The number of methoxy groups -OCH3 is 1. The number of nitrogens with one attached hydrogen (secondary N) is 2. The van der Waals surface area contributed by atoms with Crippen molar-refractivity contribution in [2.45, 2.75) is 37.1 Å². The first-order valence-electron chi connectivity index (χ1n) is 14.4. The van der Waals surface area contributed by atoms with E-state index in [1.54, 1.807) is 30.2 Å². The first kappa shape index (κ1) is 27.3. The highest BCUT2D eigenvalue weighted by molar-refractivity contribution is 5.90. The Labute approximate surface area is 239 Å². The van der Waals surface area contributed by atoms with Gasteiger partial charge < -0.3 is 25.0 Å². The molecule has 0 aliphatic carbocycles. The number of aromatic amines is 1. The Morgan fingerprint density at radius 3 is 2.59 bits per heavy atom. The van der Waals surface area contributed by atoms with Crippen molar-refractivity contribution >= 4 is 22.6 Å². The number of carbonyl (C=O) groups excluding carboxylic acids is 1. The molecule has 3 aromatic carbocycles. The number of amides is 2. The van der Waals surface area contributed by atoms with E-state index in [2.05, 4.69) is 45.5 Å². The Balaban J connectivity index is 1.28. The average molecular weight is 557 g/mol. The standard InChI is InChI=1S/C33H37FN4O3/c1-41-24-13-14-25-28(20-24)35-31-29(21-39)38(17-7-10-23-8-3-2-4-9-23)22-33(30(25)31)15-18-37(19-16-33)32(40)36-27-12-6-5-11-26(27)34/h2-6,8-9,11-14,20,29,35,39H,7,10,15-19,21-22H2,1H3,(H,36,40)/t29-/m0/s1. The number of anilines is 1. The van der Waals surface area contributed by atoms with Crippen molar-refractivity contribution in [2.75, 3.05) is 45.2 Å². The van der Waals surface area contributed by atoms with E-state index in [1.807, 2.05) is 18.2 Å². The van der Waals surface area contributed by atoms with Crippen molar-refractivity contribution in [3.05, 3.63) is 95.4 Å². The molecule has 1 fully saturated rings.